The van der Waals surface area contributed by atoms with Crippen molar-refractivity contribution in [3.63, 3.8) is 0 Å². The predicted molar refractivity (Wildman–Crippen MR) is 115 cm³/mol. The van der Waals surface area contributed by atoms with Gasteiger partial charge in [0, 0.05) is 30.6 Å². The number of ether oxygens (including phenoxy) is 1. The molecule has 0 bridgehead atoms. The molecule has 31 heavy (non-hydrogen) atoms. The molecule has 1 unspecified atom stereocenters. The van der Waals surface area contributed by atoms with Gasteiger partial charge in [0.1, 0.15) is 6.61 Å². The first-order chi connectivity index (χ1) is 15.0. The van der Waals surface area contributed by atoms with Gasteiger partial charge in [0.2, 0.25) is 0 Å². The molecular weight excluding hydrogens is 394 g/mol. The molecule has 0 aliphatic heterocycles. The van der Waals surface area contributed by atoms with E-state index in [-0.39, 0.29) is 12.5 Å². The van der Waals surface area contributed by atoms with Crippen LogP contribution in [0.5, 0.6) is 0 Å². The Morgan fingerprint density at radius 1 is 1.13 bits per heavy atom. The standard InChI is InChI=1S/C24H23N3O4/c1-27-21-12-14(23(28)29)10-11-19(21)22(26-27)25-24(30)31-13-20-17-8-4-2-6-15(17)16-7-3-5-9-18(16)20/h2-9,14,20H,10-13H2,1H3,(H,28,29)(H,25,26,30). The van der Waals surface area contributed by atoms with Crippen LogP contribution in [-0.4, -0.2) is 33.6 Å². The van der Waals surface area contributed by atoms with E-state index in [4.69, 9.17) is 4.74 Å². The SMILES string of the molecule is Cn1nc(NC(=O)OCC2c3ccccc3-c3ccccc32)c2c1CC(C(=O)O)CC2. The number of carbonyl (C=O) groups excluding carboxylic acids is 1. The molecule has 2 aromatic carbocycles. The summed E-state index contributed by atoms with van der Waals surface area (Å²) in [4.78, 5) is 23.9. The molecule has 0 saturated carbocycles. The van der Waals surface area contributed by atoms with Gasteiger partial charge in [-0.1, -0.05) is 48.5 Å². The molecule has 7 nitrogen and oxygen atoms in total. The summed E-state index contributed by atoms with van der Waals surface area (Å²) in [7, 11) is 1.77. The van der Waals surface area contributed by atoms with Gasteiger partial charge in [-0.2, -0.15) is 5.10 Å². The number of nitrogens with one attached hydrogen (secondary N) is 1. The van der Waals surface area contributed by atoms with E-state index in [1.54, 1.807) is 11.7 Å². The molecule has 1 heterocycles. The van der Waals surface area contributed by atoms with Crippen LogP contribution in [0.3, 0.4) is 0 Å². The Hall–Kier alpha value is -3.61. The number of aliphatic carboxylic acids is 1. The second kappa shape index (κ2) is 7.58. The number of carbonyl (C=O) groups is 2. The molecule has 0 spiro atoms. The summed E-state index contributed by atoms with van der Waals surface area (Å²) in [6.07, 6.45) is 0.968. The fourth-order valence-electron chi connectivity index (χ4n) is 4.82. The number of aromatic nitrogens is 2. The minimum absolute atomic E-state index is 0.00729. The second-order valence-corrected chi connectivity index (χ2v) is 8.13. The summed E-state index contributed by atoms with van der Waals surface area (Å²) >= 11 is 0. The third-order valence-electron chi connectivity index (χ3n) is 6.37. The molecule has 2 aliphatic carbocycles. The zero-order chi connectivity index (χ0) is 21.5. The Kier molecular flexibility index (Phi) is 4.73. The average Bonchev–Trinajstić information content (AvgIpc) is 3.26. The van der Waals surface area contributed by atoms with Gasteiger partial charge >= 0.3 is 12.1 Å². The quantitative estimate of drug-likeness (QED) is 0.670. The zero-order valence-corrected chi connectivity index (χ0v) is 17.2. The number of anilines is 1. The van der Waals surface area contributed by atoms with Gasteiger partial charge in [0.05, 0.1) is 5.92 Å². The van der Waals surface area contributed by atoms with E-state index < -0.39 is 18.0 Å². The lowest BCUT2D eigenvalue weighted by Crippen LogP contribution is -2.24. The monoisotopic (exact) mass is 417 g/mol. The first kappa shape index (κ1) is 19.4. The average molecular weight is 417 g/mol. The van der Waals surface area contributed by atoms with Crippen LogP contribution < -0.4 is 5.32 Å². The lowest BCUT2D eigenvalue weighted by molar-refractivity contribution is -0.142. The molecule has 0 saturated heterocycles. The Labute approximate surface area is 179 Å². The first-order valence-corrected chi connectivity index (χ1v) is 10.4. The predicted octanol–water partition coefficient (Wildman–Crippen LogP) is 3.97. The molecule has 5 rings (SSSR count). The van der Waals surface area contributed by atoms with Crippen molar-refractivity contribution < 1.29 is 19.4 Å². The minimum atomic E-state index is -0.794. The van der Waals surface area contributed by atoms with Crippen molar-refractivity contribution in [1.82, 2.24) is 9.78 Å². The largest absolute Gasteiger partial charge is 0.481 e. The van der Waals surface area contributed by atoms with Crippen LogP contribution in [-0.2, 0) is 29.4 Å². The summed E-state index contributed by atoms with van der Waals surface area (Å²) in [5.74, 6) is -0.756. The normalized spacial score (nSPS) is 16.9. The van der Waals surface area contributed by atoms with E-state index in [1.165, 1.54) is 11.1 Å². The number of fused-ring (bicyclic) bond motifs is 4. The molecule has 0 radical (unpaired) electrons. The van der Waals surface area contributed by atoms with Crippen molar-refractivity contribution in [3.8, 4) is 11.1 Å². The lowest BCUT2D eigenvalue weighted by Gasteiger charge is -2.19. The highest BCUT2D eigenvalue weighted by atomic mass is 16.5. The number of carboxylic acids is 1. The van der Waals surface area contributed by atoms with Crippen molar-refractivity contribution in [3.05, 3.63) is 70.9 Å². The number of carboxylic acid groups (broad SMARTS) is 1. The summed E-state index contributed by atoms with van der Waals surface area (Å²) in [6, 6.07) is 16.4. The van der Waals surface area contributed by atoms with E-state index in [9.17, 15) is 14.7 Å². The molecule has 7 heteroatoms. The van der Waals surface area contributed by atoms with Crippen LogP contribution >= 0.6 is 0 Å². The topological polar surface area (TPSA) is 93.5 Å². The molecule has 158 valence electrons. The fourth-order valence-corrected chi connectivity index (χ4v) is 4.82. The Balaban J connectivity index is 1.30. The van der Waals surface area contributed by atoms with Crippen LogP contribution in [0.2, 0.25) is 0 Å². The summed E-state index contributed by atoms with van der Waals surface area (Å²) in [6.45, 7) is 0.232. The number of amides is 1. The highest BCUT2D eigenvalue weighted by molar-refractivity contribution is 5.85. The third kappa shape index (κ3) is 3.36. The first-order valence-electron chi connectivity index (χ1n) is 10.4. The van der Waals surface area contributed by atoms with Crippen molar-refractivity contribution in [2.75, 3.05) is 11.9 Å². The smallest absolute Gasteiger partial charge is 0.412 e. The van der Waals surface area contributed by atoms with Crippen molar-refractivity contribution in [2.24, 2.45) is 13.0 Å². The Morgan fingerprint density at radius 3 is 2.42 bits per heavy atom. The van der Waals surface area contributed by atoms with E-state index >= 15 is 0 Å². The van der Waals surface area contributed by atoms with Gasteiger partial charge in [-0.15, -0.1) is 0 Å². The summed E-state index contributed by atoms with van der Waals surface area (Å²) in [5.41, 5.74) is 6.43. The lowest BCUT2D eigenvalue weighted by atomic mass is 9.87. The molecule has 2 aliphatic rings. The van der Waals surface area contributed by atoms with E-state index in [0.717, 1.165) is 22.4 Å². The van der Waals surface area contributed by atoms with Crippen molar-refractivity contribution in [2.45, 2.75) is 25.2 Å². The van der Waals surface area contributed by atoms with E-state index in [1.807, 2.05) is 24.3 Å². The number of hydrogen-bond acceptors (Lipinski definition) is 4. The number of benzene rings is 2. The third-order valence-corrected chi connectivity index (χ3v) is 6.37. The number of aryl methyl sites for hydroxylation is 1. The zero-order valence-electron chi connectivity index (χ0n) is 17.2. The van der Waals surface area contributed by atoms with Gasteiger partial charge in [-0.05, 0) is 35.1 Å². The highest BCUT2D eigenvalue weighted by Gasteiger charge is 2.31. The molecular formula is C24H23N3O4. The van der Waals surface area contributed by atoms with Gasteiger partial charge in [-0.3, -0.25) is 14.8 Å². The Morgan fingerprint density at radius 2 is 1.77 bits per heavy atom. The fraction of sp³-hybridized carbons (Fsp3) is 0.292. The maximum absolute atomic E-state index is 12.6. The van der Waals surface area contributed by atoms with Gasteiger partial charge in [0.25, 0.3) is 0 Å². The number of rotatable bonds is 4. The van der Waals surface area contributed by atoms with Crippen LogP contribution in [0.25, 0.3) is 11.1 Å². The molecule has 1 aromatic heterocycles. The maximum Gasteiger partial charge on any atom is 0.412 e. The maximum atomic E-state index is 12.6. The second-order valence-electron chi connectivity index (χ2n) is 8.13. The molecule has 0 fully saturated rings. The number of nitrogens with zero attached hydrogens (tertiary/aromatic N) is 2. The minimum Gasteiger partial charge on any atom is -0.481 e. The molecule has 1 atom stereocenters. The van der Waals surface area contributed by atoms with E-state index in [0.29, 0.717) is 25.1 Å². The van der Waals surface area contributed by atoms with Crippen LogP contribution in [0, 0.1) is 5.92 Å². The summed E-state index contributed by atoms with van der Waals surface area (Å²) in [5, 5.41) is 16.5. The van der Waals surface area contributed by atoms with Crippen molar-refractivity contribution in [1.29, 1.82) is 0 Å². The van der Waals surface area contributed by atoms with Gasteiger partial charge < -0.3 is 9.84 Å². The van der Waals surface area contributed by atoms with Crippen molar-refractivity contribution >= 4 is 17.9 Å². The van der Waals surface area contributed by atoms with Crippen LogP contribution in [0.4, 0.5) is 10.6 Å². The van der Waals surface area contributed by atoms with E-state index in [2.05, 4.69) is 34.7 Å². The highest BCUT2D eigenvalue weighted by Crippen LogP contribution is 2.44. The molecule has 2 N–H and O–H groups in total. The molecule has 1 amide bonds. The Bertz CT molecular complexity index is 1140. The van der Waals surface area contributed by atoms with Gasteiger partial charge in [0.15, 0.2) is 5.82 Å². The summed E-state index contributed by atoms with van der Waals surface area (Å²) < 4.78 is 7.27. The van der Waals surface area contributed by atoms with Gasteiger partial charge in [-0.25, -0.2) is 4.79 Å². The van der Waals surface area contributed by atoms with Crippen LogP contribution in [0.1, 0.15) is 34.7 Å². The number of hydrogen-bond donors (Lipinski definition) is 2. The molecule has 3 aromatic rings. The van der Waals surface area contributed by atoms with Crippen LogP contribution in [0.15, 0.2) is 48.5 Å².